The molecule has 0 amide bonds. The maximum atomic E-state index is 12.3. The number of rotatable bonds is 5. The molecule has 0 aliphatic carbocycles. The molecule has 0 nitrogen and oxygen atoms in total. The summed E-state index contributed by atoms with van der Waals surface area (Å²) in [5, 5.41) is 0. The van der Waals surface area contributed by atoms with Crippen molar-refractivity contribution in [3.63, 3.8) is 0 Å². The molecule has 5 heteroatoms. The standard InChI is InChI=1S/C12H14ClF3S/c1-9(6-13)7-17-8-10-2-4-11(5-3-10)12(14,15)16/h2-5,9H,6-8H2,1H3. The summed E-state index contributed by atoms with van der Waals surface area (Å²) in [6.07, 6.45) is -4.25. The van der Waals surface area contributed by atoms with Gasteiger partial charge in [-0.25, -0.2) is 0 Å². The number of thioether (sulfide) groups is 1. The van der Waals surface area contributed by atoms with Gasteiger partial charge in [0.05, 0.1) is 5.56 Å². The molecule has 0 aliphatic heterocycles. The van der Waals surface area contributed by atoms with Gasteiger partial charge in [0.1, 0.15) is 0 Å². The summed E-state index contributed by atoms with van der Waals surface area (Å²) in [4.78, 5) is 0. The van der Waals surface area contributed by atoms with Crippen molar-refractivity contribution >= 4 is 23.4 Å². The van der Waals surface area contributed by atoms with Crippen LogP contribution >= 0.6 is 23.4 Å². The van der Waals surface area contributed by atoms with Crippen LogP contribution in [0.4, 0.5) is 13.2 Å². The molecule has 0 heterocycles. The zero-order valence-corrected chi connectivity index (χ0v) is 11.0. The molecule has 1 unspecified atom stereocenters. The van der Waals surface area contributed by atoms with E-state index in [1.54, 1.807) is 11.8 Å². The van der Waals surface area contributed by atoms with E-state index in [9.17, 15) is 13.2 Å². The Bertz CT molecular complexity index is 335. The Balaban J connectivity index is 2.46. The van der Waals surface area contributed by atoms with Crippen molar-refractivity contribution in [3.8, 4) is 0 Å². The van der Waals surface area contributed by atoms with Crippen LogP contribution in [-0.4, -0.2) is 11.6 Å². The lowest BCUT2D eigenvalue weighted by molar-refractivity contribution is -0.137. The van der Waals surface area contributed by atoms with Crippen molar-refractivity contribution in [2.75, 3.05) is 11.6 Å². The summed E-state index contributed by atoms with van der Waals surface area (Å²) in [7, 11) is 0. The van der Waals surface area contributed by atoms with Gasteiger partial charge in [0, 0.05) is 11.6 Å². The van der Waals surface area contributed by atoms with Gasteiger partial charge in [-0.1, -0.05) is 19.1 Å². The van der Waals surface area contributed by atoms with E-state index in [-0.39, 0.29) is 0 Å². The minimum absolute atomic E-state index is 0.427. The monoisotopic (exact) mass is 282 g/mol. The Hall–Kier alpha value is -0.350. The van der Waals surface area contributed by atoms with E-state index in [4.69, 9.17) is 11.6 Å². The van der Waals surface area contributed by atoms with Crippen LogP contribution in [0.2, 0.25) is 0 Å². The van der Waals surface area contributed by atoms with Crippen molar-refractivity contribution in [1.82, 2.24) is 0 Å². The van der Waals surface area contributed by atoms with E-state index in [1.807, 2.05) is 6.92 Å². The first kappa shape index (κ1) is 14.7. The van der Waals surface area contributed by atoms with Gasteiger partial charge in [-0.3, -0.25) is 0 Å². The molecule has 0 aliphatic rings. The van der Waals surface area contributed by atoms with Gasteiger partial charge >= 0.3 is 6.18 Å². The van der Waals surface area contributed by atoms with Gasteiger partial charge in [-0.05, 0) is 29.4 Å². The molecule has 0 saturated carbocycles. The van der Waals surface area contributed by atoms with Crippen LogP contribution in [0.5, 0.6) is 0 Å². The normalized spacial score (nSPS) is 13.7. The Morgan fingerprint density at radius 3 is 2.29 bits per heavy atom. The van der Waals surface area contributed by atoms with Crippen molar-refractivity contribution in [2.45, 2.75) is 18.9 Å². The van der Waals surface area contributed by atoms with Crippen molar-refractivity contribution in [1.29, 1.82) is 0 Å². The zero-order valence-electron chi connectivity index (χ0n) is 9.43. The molecule has 1 aromatic rings. The quantitative estimate of drug-likeness (QED) is 0.698. The second-order valence-corrected chi connectivity index (χ2v) is 5.31. The molecule has 1 aromatic carbocycles. The number of halogens is 4. The maximum Gasteiger partial charge on any atom is 0.416 e. The molecule has 0 aromatic heterocycles. The molecule has 0 spiro atoms. The lowest BCUT2D eigenvalue weighted by Gasteiger charge is -2.09. The Morgan fingerprint density at radius 2 is 1.82 bits per heavy atom. The third-order valence-electron chi connectivity index (χ3n) is 2.22. The average Bonchev–Trinajstić information content (AvgIpc) is 2.28. The van der Waals surface area contributed by atoms with E-state index >= 15 is 0 Å². The highest BCUT2D eigenvalue weighted by atomic mass is 35.5. The highest BCUT2D eigenvalue weighted by Gasteiger charge is 2.29. The topological polar surface area (TPSA) is 0 Å². The van der Waals surface area contributed by atoms with E-state index in [0.717, 1.165) is 29.2 Å². The third-order valence-corrected chi connectivity index (χ3v) is 4.08. The number of hydrogen-bond acceptors (Lipinski definition) is 1. The molecular weight excluding hydrogens is 269 g/mol. The SMILES string of the molecule is CC(CCl)CSCc1ccc(C(F)(F)F)cc1. The summed E-state index contributed by atoms with van der Waals surface area (Å²) in [6.45, 7) is 2.05. The first-order valence-corrected chi connectivity index (χ1v) is 6.92. The molecule has 0 bridgehead atoms. The van der Waals surface area contributed by atoms with Crippen LogP contribution in [0.15, 0.2) is 24.3 Å². The number of hydrogen-bond donors (Lipinski definition) is 0. The third kappa shape index (κ3) is 5.21. The first-order valence-electron chi connectivity index (χ1n) is 5.23. The Labute approximate surface area is 109 Å². The van der Waals surface area contributed by atoms with E-state index in [1.165, 1.54) is 12.1 Å². The zero-order chi connectivity index (χ0) is 12.9. The van der Waals surface area contributed by atoms with Crippen LogP contribution < -0.4 is 0 Å². The highest BCUT2D eigenvalue weighted by Crippen LogP contribution is 2.29. The molecule has 0 saturated heterocycles. The van der Waals surface area contributed by atoms with Gasteiger partial charge in [0.15, 0.2) is 0 Å². The molecule has 0 N–H and O–H groups in total. The fraction of sp³-hybridized carbons (Fsp3) is 0.500. The predicted octanol–water partition coefficient (Wildman–Crippen LogP) is 4.81. The minimum Gasteiger partial charge on any atom is -0.166 e. The summed E-state index contributed by atoms with van der Waals surface area (Å²) in [5.41, 5.74) is 0.310. The lowest BCUT2D eigenvalue weighted by atomic mass is 10.1. The number of benzene rings is 1. The van der Waals surface area contributed by atoms with Crippen LogP contribution in [0.3, 0.4) is 0 Å². The van der Waals surface area contributed by atoms with Crippen molar-refractivity contribution < 1.29 is 13.2 Å². The van der Waals surface area contributed by atoms with Crippen LogP contribution in [0, 0.1) is 5.92 Å². The fourth-order valence-electron chi connectivity index (χ4n) is 1.21. The Morgan fingerprint density at radius 1 is 1.24 bits per heavy atom. The first-order chi connectivity index (χ1) is 7.93. The summed E-state index contributed by atoms with van der Waals surface area (Å²) in [5.74, 6) is 2.68. The van der Waals surface area contributed by atoms with E-state index in [0.29, 0.717) is 11.8 Å². The molecule has 0 radical (unpaired) electrons. The van der Waals surface area contributed by atoms with Gasteiger partial charge in [0.25, 0.3) is 0 Å². The smallest absolute Gasteiger partial charge is 0.166 e. The Kier molecular flexibility index (Phi) is 5.67. The van der Waals surface area contributed by atoms with Gasteiger partial charge < -0.3 is 0 Å². The summed E-state index contributed by atoms with van der Waals surface area (Å²) in [6, 6.07) is 5.31. The second kappa shape index (κ2) is 6.55. The molecule has 1 atom stereocenters. The van der Waals surface area contributed by atoms with Gasteiger partial charge in [-0.15, -0.1) is 11.6 Å². The number of alkyl halides is 4. The minimum atomic E-state index is -4.25. The molecular formula is C12H14ClF3S. The molecule has 0 fully saturated rings. The lowest BCUT2D eigenvalue weighted by Crippen LogP contribution is -2.04. The van der Waals surface area contributed by atoms with Crippen LogP contribution in [-0.2, 0) is 11.9 Å². The summed E-state index contributed by atoms with van der Waals surface area (Å²) < 4.78 is 36.9. The second-order valence-electron chi connectivity index (χ2n) is 3.97. The van der Waals surface area contributed by atoms with Crippen molar-refractivity contribution in [2.24, 2.45) is 5.92 Å². The average molecular weight is 283 g/mol. The van der Waals surface area contributed by atoms with E-state index in [2.05, 4.69) is 0 Å². The predicted molar refractivity (Wildman–Crippen MR) is 67.5 cm³/mol. The van der Waals surface area contributed by atoms with Crippen LogP contribution in [0.1, 0.15) is 18.1 Å². The van der Waals surface area contributed by atoms with Gasteiger partial charge in [0.2, 0.25) is 0 Å². The largest absolute Gasteiger partial charge is 0.416 e. The van der Waals surface area contributed by atoms with Crippen molar-refractivity contribution in [3.05, 3.63) is 35.4 Å². The van der Waals surface area contributed by atoms with Gasteiger partial charge in [-0.2, -0.15) is 24.9 Å². The molecule has 17 heavy (non-hydrogen) atoms. The van der Waals surface area contributed by atoms with Crippen LogP contribution in [0.25, 0.3) is 0 Å². The fourth-order valence-corrected chi connectivity index (χ4v) is 2.52. The highest BCUT2D eigenvalue weighted by molar-refractivity contribution is 7.98. The molecule has 1 rings (SSSR count). The summed E-state index contributed by atoms with van der Waals surface area (Å²) >= 11 is 7.35. The van der Waals surface area contributed by atoms with E-state index < -0.39 is 11.7 Å². The maximum absolute atomic E-state index is 12.3. The molecule has 96 valence electrons.